The molecule has 2 atom stereocenters. The summed E-state index contributed by atoms with van der Waals surface area (Å²) in [4.78, 5) is 2.58. The Morgan fingerprint density at radius 1 is 1.12 bits per heavy atom. The first kappa shape index (κ1) is 25.7. The summed E-state index contributed by atoms with van der Waals surface area (Å²) < 4.78 is 0. The van der Waals surface area contributed by atoms with Crippen LogP contribution in [0.5, 0.6) is 0 Å². The first-order valence-corrected chi connectivity index (χ1v) is 9.76. The zero-order valence-electron chi connectivity index (χ0n) is 16.6. The smallest absolute Gasteiger partial charge is 0.0943 e. The predicted molar refractivity (Wildman–Crippen MR) is 117 cm³/mol. The van der Waals surface area contributed by atoms with Crippen LogP contribution in [-0.4, -0.2) is 42.2 Å². The third kappa shape index (κ3) is 9.05. The Hall–Kier alpha value is -0.320. The molecule has 26 heavy (non-hydrogen) atoms. The van der Waals surface area contributed by atoms with Gasteiger partial charge in [-0.3, -0.25) is 0 Å². The minimum absolute atomic E-state index is 0. The fourth-order valence-corrected chi connectivity index (χ4v) is 3.69. The van der Waals surface area contributed by atoms with Gasteiger partial charge in [-0.1, -0.05) is 50.1 Å². The quantitative estimate of drug-likeness (QED) is 0.582. The average molecular weight is 405 g/mol. The van der Waals surface area contributed by atoms with Crippen LogP contribution >= 0.6 is 24.8 Å². The van der Waals surface area contributed by atoms with Crippen molar-refractivity contribution in [3.05, 3.63) is 35.4 Å². The molecule has 2 N–H and O–H groups in total. The van der Waals surface area contributed by atoms with Gasteiger partial charge in [-0.25, -0.2) is 0 Å². The number of piperidine rings is 1. The van der Waals surface area contributed by atoms with Gasteiger partial charge in [-0.2, -0.15) is 0 Å². The number of aliphatic hydroxyl groups is 1. The molecule has 1 aliphatic rings. The van der Waals surface area contributed by atoms with Crippen molar-refractivity contribution in [3.63, 3.8) is 0 Å². The lowest BCUT2D eigenvalue weighted by molar-refractivity contribution is 0.115. The third-order valence-electron chi connectivity index (χ3n) is 5.00. The van der Waals surface area contributed by atoms with Crippen molar-refractivity contribution in [1.82, 2.24) is 10.2 Å². The molecular weight excluding hydrogens is 367 g/mol. The van der Waals surface area contributed by atoms with Gasteiger partial charge >= 0.3 is 0 Å². The van der Waals surface area contributed by atoms with E-state index in [2.05, 4.69) is 43.1 Å². The van der Waals surface area contributed by atoms with Gasteiger partial charge < -0.3 is 15.3 Å². The maximum Gasteiger partial charge on any atom is 0.0943 e. The van der Waals surface area contributed by atoms with Gasteiger partial charge in [0.05, 0.1) is 6.10 Å². The molecule has 152 valence electrons. The van der Waals surface area contributed by atoms with Gasteiger partial charge in [-0.05, 0) is 70.3 Å². The van der Waals surface area contributed by atoms with E-state index in [0.717, 1.165) is 24.9 Å². The maximum atomic E-state index is 10.8. The molecule has 0 amide bonds. The average Bonchev–Trinajstić information content (AvgIpc) is 2.57. The molecule has 0 spiro atoms. The molecule has 1 aromatic rings. The van der Waals surface area contributed by atoms with Crippen LogP contribution in [0.4, 0.5) is 0 Å². The van der Waals surface area contributed by atoms with Gasteiger partial charge in [0, 0.05) is 6.04 Å². The second-order valence-electron chi connectivity index (χ2n) is 7.80. The Kier molecular flexibility index (Phi) is 13.6. The Balaban J connectivity index is 0.00000312. The van der Waals surface area contributed by atoms with Crippen molar-refractivity contribution in [3.8, 4) is 0 Å². The Morgan fingerprint density at radius 3 is 2.42 bits per heavy atom. The molecule has 0 radical (unpaired) electrons. The molecule has 1 aromatic carbocycles. The van der Waals surface area contributed by atoms with Gasteiger partial charge in [-0.15, -0.1) is 24.8 Å². The van der Waals surface area contributed by atoms with Crippen LogP contribution in [0.1, 0.15) is 63.2 Å². The zero-order chi connectivity index (χ0) is 17.4. The molecule has 0 bridgehead atoms. The highest BCUT2D eigenvalue weighted by atomic mass is 35.5. The summed E-state index contributed by atoms with van der Waals surface area (Å²) in [5.41, 5.74) is 2.24. The third-order valence-corrected chi connectivity index (χ3v) is 5.00. The molecule has 0 aliphatic carbocycles. The highest BCUT2D eigenvalue weighted by Crippen LogP contribution is 2.22. The number of benzene rings is 1. The predicted octanol–water partition coefficient (Wildman–Crippen LogP) is 4.75. The van der Waals surface area contributed by atoms with E-state index in [9.17, 15) is 5.11 Å². The minimum Gasteiger partial charge on any atom is -0.387 e. The van der Waals surface area contributed by atoms with Crippen molar-refractivity contribution >= 4 is 24.8 Å². The van der Waals surface area contributed by atoms with E-state index in [4.69, 9.17) is 0 Å². The summed E-state index contributed by atoms with van der Waals surface area (Å²) >= 11 is 0. The molecule has 1 fully saturated rings. The number of rotatable bonds is 9. The molecule has 5 heteroatoms. The van der Waals surface area contributed by atoms with E-state index >= 15 is 0 Å². The largest absolute Gasteiger partial charge is 0.387 e. The summed E-state index contributed by atoms with van der Waals surface area (Å²) in [5, 5.41) is 14.5. The van der Waals surface area contributed by atoms with Crippen molar-refractivity contribution in [2.45, 2.75) is 65.0 Å². The van der Waals surface area contributed by atoms with Crippen LogP contribution in [0.3, 0.4) is 0 Å². The second kappa shape index (κ2) is 13.8. The summed E-state index contributed by atoms with van der Waals surface area (Å²) in [5.74, 6) is 0.573. The Bertz CT molecular complexity index is 479. The van der Waals surface area contributed by atoms with Crippen molar-refractivity contribution in [1.29, 1.82) is 0 Å². The monoisotopic (exact) mass is 404 g/mol. The Labute approximate surface area is 172 Å². The van der Waals surface area contributed by atoms with Crippen molar-refractivity contribution in [2.75, 3.05) is 26.2 Å². The molecule has 0 aromatic heterocycles. The lowest BCUT2D eigenvalue weighted by Crippen LogP contribution is -2.38. The van der Waals surface area contributed by atoms with E-state index < -0.39 is 6.10 Å². The fourth-order valence-electron chi connectivity index (χ4n) is 3.69. The lowest BCUT2D eigenvalue weighted by Gasteiger charge is -2.28. The molecule has 1 saturated heterocycles. The normalized spacial score (nSPS) is 17.3. The van der Waals surface area contributed by atoms with E-state index in [1.807, 2.05) is 12.1 Å². The zero-order valence-corrected chi connectivity index (χ0v) is 18.2. The summed E-state index contributed by atoms with van der Waals surface area (Å²) in [6.45, 7) is 11.2. The SMILES string of the molecule is Cc1cccc(C(O)C(CC(C)C)NCCCN2CCCCC2)c1.Cl.Cl. The van der Waals surface area contributed by atoms with Crippen LogP contribution in [0.2, 0.25) is 0 Å². The molecule has 3 nitrogen and oxygen atoms in total. The summed E-state index contributed by atoms with van der Waals surface area (Å²) in [6.07, 6.45) is 5.84. The van der Waals surface area contributed by atoms with Crippen LogP contribution in [0.25, 0.3) is 0 Å². The van der Waals surface area contributed by atoms with Gasteiger partial charge in [0.2, 0.25) is 0 Å². The highest BCUT2D eigenvalue weighted by molar-refractivity contribution is 5.85. The summed E-state index contributed by atoms with van der Waals surface area (Å²) in [7, 11) is 0. The van der Waals surface area contributed by atoms with Crippen molar-refractivity contribution in [2.24, 2.45) is 5.92 Å². The number of hydrogen-bond acceptors (Lipinski definition) is 3. The first-order valence-electron chi connectivity index (χ1n) is 9.76. The molecule has 0 saturated carbocycles. The number of aryl methyl sites for hydroxylation is 1. The molecular formula is C21H38Cl2N2O. The van der Waals surface area contributed by atoms with Gasteiger partial charge in [0.1, 0.15) is 0 Å². The van der Waals surface area contributed by atoms with Crippen LogP contribution in [0, 0.1) is 12.8 Å². The number of aliphatic hydroxyl groups excluding tert-OH is 1. The summed E-state index contributed by atoms with van der Waals surface area (Å²) in [6, 6.07) is 8.40. The van der Waals surface area contributed by atoms with Crippen LogP contribution < -0.4 is 5.32 Å². The topological polar surface area (TPSA) is 35.5 Å². The molecule has 2 unspecified atom stereocenters. The number of likely N-dealkylation sites (tertiary alicyclic amines) is 1. The number of halogens is 2. The van der Waals surface area contributed by atoms with Gasteiger partial charge in [0.15, 0.2) is 0 Å². The highest BCUT2D eigenvalue weighted by Gasteiger charge is 2.21. The second-order valence-corrected chi connectivity index (χ2v) is 7.80. The first-order chi connectivity index (χ1) is 11.6. The van der Waals surface area contributed by atoms with Crippen LogP contribution in [-0.2, 0) is 0 Å². The van der Waals surface area contributed by atoms with E-state index in [-0.39, 0.29) is 30.9 Å². The van der Waals surface area contributed by atoms with E-state index in [1.165, 1.54) is 44.5 Å². The fraction of sp³-hybridized carbons (Fsp3) is 0.714. The molecule has 1 aliphatic heterocycles. The molecule has 2 rings (SSSR count). The maximum absolute atomic E-state index is 10.8. The van der Waals surface area contributed by atoms with Gasteiger partial charge in [0.25, 0.3) is 0 Å². The number of hydrogen-bond donors (Lipinski definition) is 2. The minimum atomic E-state index is -0.428. The molecule has 1 heterocycles. The Morgan fingerprint density at radius 2 is 1.81 bits per heavy atom. The van der Waals surface area contributed by atoms with E-state index in [1.54, 1.807) is 0 Å². The standard InChI is InChI=1S/C21H36N2O.2ClH/c1-17(2)15-20(21(24)19-10-7-9-18(3)16-19)22-11-8-14-23-12-5-4-6-13-23;;/h7,9-10,16-17,20-22,24H,4-6,8,11-15H2,1-3H3;2*1H. The van der Waals surface area contributed by atoms with E-state index in [0.29, 0.717) is 5.92 Å². The number of nitrogens with zero attached hydrogens (tertiary/aromatic N) is 1. The van der Waals surface area contributed by atoms with Crippen molar-refractivity contribution < 1.29 is 5.11 Å². The van der Waals surface area contributed by atoms with Crippen LogP contribution in [0.15, 0.2) is 24.3 Å². The number of nitrogens with one attached hydrogen (secondary N) is 1. The lowest BCUT2D eigenvalue weighted by atomic mass is 9.93.